The summed E-state index contributed by atoms with van der Waals surface area (Å²) in [6, 6.07) is 12.0. The second-order valence-corrected chi connectivity index (χ2v) is 6.46. The molecule has 3 aromatic rings. The molecule has 2 heterocycles. The molecule has 0 aliphatic heterocycles. The average Bonchev–Trinajstić information content (AvgIpc) is 2.98. The Bertz CT molecular complexity index is 919. The molecule has 3 rings (SSSR count). The van der Waals surface area contributed by atoms with Crippen LogP contribution in [0.1, 0.15) is 12.5 Å². The zero-order valence-electron chi connectivity index (χ0n) is 15.3. The Balaban J connectivity index is 1.81. The lowest BCUT2D eigenvalue weighted by atomic mass is 10.2. The highest BCUT2D eigenvalue weighted by atomic mass is 32.1. The number of ether oxygens (including phenoxy) is 1. The maximum Gasteiger partial charge on any atom is 0.199 e. The topological polar surface area (TPSA) is 48.1 Å². The van der Waals surface area contributed by atoms with Gasteiger partial charge in [0.2, 0.25) is 0 Å². The molecule has 0 atom stereocenters. The van der Waals surface area contributed by atoms with Gasteiger partial charge in [0.1, 0.15) is 5.75 Å². The normalized spacial score (nSPS) is 11.1. The van der Waals surface area contributed by atoms with E-state index in [-0.39, 0.29) is 0 Å². The average molecular weight is 369 g/mol. The molecule has 6 nitrogen and oxygen atoms in total. The summed E-state index contributed by atoms with van der Waals surface area (Å²) in [5.74, 6) is 1.73. The molecule has 0 spiro atoms. The molecule has 0 saturated carbocycles. The number of benzene rings is 1. The summed E-state index contributed by atoms with van der Waals surface area (Å²) in [4.78, 5) is 6.25. The van der Waals surface area contributed by atoms with Crippen LogP contribution in [0.2, 0.25) is 0 Å². The first-order chi connectivity index (χ1) is 12.6. The third kappa shape index (κ3) is 4.00. The minimum Gasteiger partial charge on any atom is -0.497 e. The van der Waals surface area contributed by atoms with Gasteiger partial charge in [-0.25, -0.2) is 4.68 Å². The van der Waals surface area contributed by atoms with E-state index >= 15 is 0 Å². The van der Waals surface area contributed by atoms with E-state index in [0.29, 0.717) is 6.67 Å². The molecule has 7 heteroatoms. The molecule has 2 aromatic heterocycles. The summed E-state index contributed by atoms with van der Waals surface area (Å²) in [5, 5.41) is 4.75. The minimum atomic E-state index is 0.612. The smallest absolute Gasteiger partial charge is 0.199 e. The molecule has 0 amide bonds. The number of pyridine rings is 1. The Labute approximate surface area is 158 Å². The van der Waals surface area contributed by atoms with Crippen molar-refractivity contribution in [1.29, 1.82) is 0 Å². The standard InChI is InChI=1S/C19H23N5OS/c1-4-23-18(16-8-10-20-11-9-16)21-24(19(23)26)14-22(2)13-15-6-5-7-17(12-15)25-3/h5-12H,4,13-14H2,1-3H3. The quantitative estimate of drug-likeness (QED) is 0.596. The number of hydrogen-bond acceptors (Lipinski definition) is 5. The van der Waals surface area contributed by atoms with Crippen LogP contribution in [0.3, 0.4) is 0 Å². The van der Waals surface area contributed by atoms with Gasteiger partial charge in [0.15, 0.2) is 10.6 Å². The zero-order chi connectivity index (χ0) is 18.5. The number of rotatable bonds is 7. The van der Waals surface area contributed by atoms with Crippen LogP contribution in [-0.2, 0) is 19.8 Å². The first kappa shape index (κ1) is 18.3. The number of methoxy groups -OCH3 is 1. The Morgan fingerprint density at radius 1 is 1.19 bits per heavy atom. The van der Waals surface area contributed by atoms with Gasteiger partial charge >= 0.3 is 0 Å². The van der Waals surface area contributed by atoms with Crippen molar-refractivity contribution in [3.8, 4) is 17.1 Å². The van der Waals surface area contributed by atoms with E-state index in [1.165, 1.54) is 5.56 Å². The predicted octanol–water partition coefficient (Wildman–Crippen LogP) is 3.59. The monoisotopic (exact) mass is 369 g/mol. The van der Waals surface area contributed by atoms with Crippen molar-refractivity contribution >= 4 is 12.2 Å². The molecule has 0 radical (unpaired) electrons. The first-order valence-corrected chi connectivity index (χ1v) is 8.92. The van der Waals surface area contributed by atoms with Gasteiger partial charge in [-0.1, -0.05) is 12.1 Å². The van der Waals surface area contributed by atoms with Crippen LogP contribution in [0.4, 0.5) is 0 Å². The molecular weight excluding hydrogens is 346 g/mol. The molecule has 0 saturated heterocycles. The van der Waals surface area contributed by atoms with E-state index in [1.807, 2.05) is 39.6 Å². The Hall–Kier alpha value is -2.51. The summed E-state index contributed by atoms with van der Waals surface area (Å²) in [5.41, 5.74) is 2.20. The van der Waals surface area contributed by atoms with Gasteiger partial charge in [0.05, 0.1) is 13.8 Å². The highest BCUT2D eigenvalue weighted by Gasteiger charge is 2.13. The fourth-order valence-corrected chi connectivity index (χ4v) is 3.21. The van der Waals surface area contributed by atoms with E-state index in [9.17, 15) is 0 Å². The molecule has 0 aliphatic carbocycles. The van der Waals surface area contributed by atoms with Gasteiger partial charge in [-0.05, 0) is 56.0 Å². The highest BCUT2D eigenvalue weighted by Crippen LogP contribution is 2.18. The van der Waals surface area contributed by atoms with Crippen molar-refractivity contribution in [1.82, 2.24) is 24.2 Å². The SMILES string of the molecule is CCn1c(-c2ccncc2)nn(CN(C)Cc2cccc(OC)c2)c1=S. The van der Waals surface area contributed by atoms with Crippen LogP contribution in [0.25, 0.3) is 11.4 Å². The fourth-order valence-electron chi connectivity index (χ4n) is 2.89. The predicted molar refractivity (Wildman–Crippen MR) is 104 cm³/mol. The van der Waals surface area contributed by atoms with E-state index in [0.717, 1.165) is 35.0 Å². The molecular formula is C19H23N5OS. The Morgan fingerprint density at radius 2 is 1.96 bits per heavy atom. The Morgan fingerprint density at radius 3 is 2.65 bits per heavy atom. The molecule has 136 valence electrons. The lowest BCUT2D eigenvalue weighted by molar-refractivity contribution is 0.243. The van der Waals surface area contributed by atoms with Crippen molar-refractivity contribution in [2.45, 2.75) is 26.7 Å². The van der Waals surface area contributed by atoms with Crippen molar-refractivity contribution in [3.63, 3.8) is 0 Å². The molecule has 1 aromatic carbocycles. The molecule has 26 heavy (non-hydrogen) atoms. The van der Waals surface area contributed by atoms with Crippen LogP contribution >= 0.6 is 12.2 Å². The van der Waals surface area contributed by atoms with E-state index in [4.69, 9.17) is 22.1 Å². The van der Waals surface area contributed by atoms with Gasteiger partial charge in [-0.3, -0.25) is 9.88 Å². The third-order valence-electron chi connectivity index (χ3n) is 4.14. The summed E-state index contributed by atoms with van der Waals surface area (Å²) >= 11 is 5.64. The maximum atomic E-state index is 5.64. The largest absolute Gasteiger partial charge is 0.497 e. The lowest BCUT2D eigenvalue weighted by Gasteiger charge is -2.16. The van der Waals surface area contributed by atoms with Crippen LogP contribution in [-0.4, -0.2) is 38.4 Å². The van der Waals surface area contributed by atoms with E-state index in [2.05, 4.69) is 29.9 Å². The maximum absolute atomic E-state index is 5.64. The molecule has 0 unspecified atom stereocenters. The summed E-state index contributed by atoms with van der Waals surface area (Å²) in [7, 11) is 3.73. The van der Waals surface area contributed by atoms with Gasteiger partial charge in [-0.2, -0.15) is 5.10 Å². The molecule has 0 fully saturated rings. The fraction of sp³-hybridized carbons (Fsp3) is 0.316. The number of aromatic nitrogens is 4. The third-order valence-corrected chi connectivity index (χ3v) is 4.57. The summed E-state index contributed by atoms with van der Waals surface area (Å²) < 4.78 is 9.93. The van der Waals surface area contributed by atoms with Gasteiger partial charge in [0.25, 0.3) is 0 Å². The van der Waals surface area contributed by atoms with Gasteiger partial charge < -0.3 is 9.30 Å². The van der Waals surface area contributed by atoms with Gasteiger partial charge in [-0.15, -0.1) is 0 Å². The zero-order valence-corrected chi connectivity index (χ0v) is 16.1. The Kier molecular flexibility index (Phi) is 5.80. The second-order valence-electron chi connectivity index (χ2n) is 6.09. The van der Waals surface area contributed by atoms with Crippen LogP contribution in [0.15, 0.2) is 48.8 Å². The number of nitrogens with zero attached hydrogens (tertiary/aromatic N) is 5. The second kappa shape index (κ2) is 8.25. The minimum absolute atomic E-state index is 0.612. The van der Waals surface area contributed by atoms with E-state index < -0.39 is 0 Å². The van der Waals surface area contributed by atoms with E-state index in [1.54, 1.807) is 19.5 Å². The summed E-state index contributed by atoms with van der Waals surface area (Å²) in [6.07, 6.45) is 3.54. The molecule has 0 aliphatic rings. The van der Waals surface area contributed by atoms with Crippen molar-refractivity contribution in [2.75, 3.05) is 14.2 Å². The van der Waals surface area contributed by atoms with Crippen molar-refractivity contribution < 1.29 is 4.74 Å². The van der Waals surface area contributed by atoms with Crippen LogP contribution in [0.5, 0.6) is 5.75 Å². The van der Waals surface area contributed by atoms with Crippen molar-refractivity contribution in [2.24, 2.45) is 0 Å². The van der Waals surface area contributed by atoms with Crippen LogP contribution in [0, 0.1) is 4.77 Å². The molecule has 0 bridgehead atoms. The van der Waals surface area contributed by atoms with Gasteiger partial charge in [0, 0.05) is 31.0 Å². The summed E-state index contributed by atoms with van der Waals surface area (Å²) in [6.45, 7) is 4.24. The first-order valence-electron chi connectivity index (χ1n) is 8.52. The number of hydrogen-bond donors (Lipinski definition) is 0. The highest BCUT2D eigenvalue weighted by molar-refractivity contribution is 7.71. The van der Waals surface area contributed by atoms with Crippen molar-refractivity contribution in [3.05, 3.63) is 59.1 Å². The van der Waals surface area contributed by atoms with Crippen LogP contribution < -0.4 is 4.74 Å². The lowest BCUT2D eigenvalue weighted by Crippen LogP contribution is -2.22. The molecule has 0 N–H and O–H groups in total.